The molecule has 1 aromatic rings. The zero-order chi connectivity index (χ0) is 12.1. The van der Waals surface area contributed by atoms with Crippen molar-refractivity contribution in [1.29, 1.82) is 0 Å². The zero-order valence-corrected chi connectivity index (χ0v) is 9.82. The van der Waals surface area contributed by atoms with Crippen LogP contribution < -0.4 is 5.32 Å². The Bertz CT molecular complexity index is 391. The van der Waals surface area contributed by atoms with Crippen LogP contribution in [0.5, 0.6) is 0 Å². The maximum Gasteiger partial charge on any atom is 0.288 e. The third-order valence-electron chi connectivity index (χ3n) is 3.36. The molecule has 0 aromatic heterocycles. The molecule has 17 heavy (non-hydrogen) atoms. The average molecular weight is 231 g/mol. The van der Waals surface area contributed by atoms with E-state index in [1.165, 1.54) is 37.7 Å². The quantitative estimate of drug-likeness (QED) is 0.642. The third-order valence-corrected chi connectivity index (χ3v) is 3.36. The number of hydrogen-bond acceptors (Lipinski definition) is 2. The van der Waals surface area contributed by atoms with Crippen molar-refractivity contribution in [3.8, 4) is 0 Å². The Kier molecular flexibility index (Phi) is 3.91. The van der Waals surface area contributed by atoms with Gasteiger partial charge in [-0.1, -0.05) is 31.4 Å². The van der Waals surface area contributed by atoms with Crippen LogP contribution in [0.1, 0.15) is 43.6 Å². The summed E-state index contributed by atoms with van der Waals surface area (Å²) >= 11 is 0. The minimum atomic E-state index is -0.601. The molecule has 0 bridgehead atoms. The van der Waals surface area contributed by atoms with Crippen LogP contribution in [0.4, 0.5) is 5.69 Å². The van der Waals surface area contributed by atoms with Crippen LogP contribution in [0.15, 0.2) is 24.3 Å². The summed E-state index contributed by atoms with van der Waals surface area (Å²) < 4.78 is 0. The molecule has 0 saturated heterocycles. The van der Waals surface area contributed by atoms with E-state index in [0.29, 0.717) is 11.6 Å². The molecule has 1 N–H and O–H groups in total. The highest BCUT2D eigenvalue weighted by molar-refractivity contribution is 6.29. The van der Waals surface area contributed by atoms with Gasteiger partial charge in [-0.25, -0.2) is 0 Å². The summed E-state index contributed by atoms with van der Waals surface area (Å²) in [5, 5.41) is 2.51. The Morgan fingerprint density at radius 2 is 1.76 bits per heavy atom. The zero-order valence-electron chi connectivity index (χ0n) is 9.82. The summed E-state index contributed by atoms with van der Waals surface area (Å²) in [6.45, 7) is 0. The summed E-state index contributed by atoms with van der Waals surface area (Å²) in [6.07, 6.45) is 6.79. The molecule has 0 aliphatic heterocycles. The van der Waals surface area contributed by atoms with E-state index in [0.717, 1.165) is 0 Å². The molecule has 0 unspecified atom stereocenters. The molecule has 0 radical (unpaired) electrons. The van der Waals surface area contributed by atoms with Crippen LogP contribution >= 0.6 is 0 Å². The molecule has 0 heterocycles. The summed E-state index contributed by atoms with van der Waals surface area (Å²) in [4.78, 5) is 21.1. The van der Waals surface area contributed by atoms with Crippen LogP contribution in [0.25, 0.3) is 0 Å². The largest absolute Gasteiger partial charge is 0.320 e. The fourth-order valence-corrected chi connectivity index (χ4v) is 2.45. The molecule has 1 saturated carbocycles. The van der Waals surface area contributed by atoms with Gasteiger partial charge in [0.1, 0.15) is 0 Å². The van der Waals surface area contributed by atoms with Gasteiger partial charge in [0.15, 0.2) is 0 Å². The van der Waals surface area contributed by atoms with Crippen molar-refractivity contribution in [1.82, 2.24) is 0 Å². The Morgan fingerprint density at radius 1 is 1.12 bits per heavy atom. The number of benzene rings is 1. The number of hydrogen-bond donors (Lipinski definition) is 1. The number of amides is 1. The molecule has 90 valence electrons. The van der Waals surface area contributed by atoms with Crippen molar-refractivity contribution in [3.05, 3.63) is 29.8 Å². The number of anilines is 1. The minimum absolute atomic E-state index is 0.287. The predicted molar refractivity (Wildman–Crippen MR) is 67.0 cm³/mol. The van der Waals surface area contributed by atoms with Gasteiger partial charge in [0, 0.05) is 5.69 Å². The second-order valence-electron chi connectivity index (χ2n) is 4.56. The number of carbonyl (C=O) groups excluding carboxylic acids is 2. The third kappa shape index (κ3) is 3.16. The first kappa shape index (κ1) is 11.8. The second kappa shape index (κ2) is 5.62. The maximum absolute atomic E-state index is 10.9. The Morgan fingerprint density at radius 3 is 2.35 bits per heavy atom. The van der Waals surface area contributed by atoms with Crippen molar-refractivity contribution < 1.29 is 9.59 Å². The maximum atomic E-state index is 10.9. The highest BCUT2D eigenvalue weighted by Gasteiger charge is 2.15. The molecule has 3 nitrogen and oxygen atoms in total. The monoisotopic (exact) mass is 231 g/mol. The minimum Gasteiger partial charge on any atom is -0.320 e. The van der Waals surface area contributed by atoms with Crippen molar-refractivity contribution in [3.63, 3.8) is 0 Å². The predicted octanol–water partition coefficient (Wildman–Crippen LogP) is 2.87. The first-order valence-corrected chi connectivity index (χ1v) is 6.16. The molecule has 1 amide bonds. The van der Waals surface area contributed by atoms with Gasteiger partial charge >= 0.3 is 0 Å². The highest BCUT2D eigenvalue weighted by Crippen LogP contribution is 2.32. The Labute approximate surface area is 101 Å². The molecule has 0 spiro atoms. The van der Waals surface area contributed by atoms with Crippen LogP contribution in [0, 0.1) is 0 Å². The fraction of sp³-hybridized carbons (Fsp3) is 0.429. The smallest absolute Gasteiger partial charge is 0.288 e. The molecule has 2 rings (SSSR count). The molecule has 1 aliphatic carbocycles. The summed E-state index contributed by atoms with van der Waals surface area (Å²) in [7, 11) is 0. The van der Waals surface area contributed by atoms with E-state index in [1.807, 2.05) is 12.1 Å². The highest BCUT2D eigenvalue weighted by atomic mass is 16.2. The first-order chi connectivity index (χ1) is 8.29. The molecule has 1 fully saturated rings. The van der Waals surface area contributed by atoms with Gasteiger partial charge in [0.05, 0.1) is 0 Å². The topological polar surface area (TPSA) is 46.2 Å². The van der Waals surface area contributed by atoms with Gasteiger partial charge in [0.25, 0.3) is 5.91 Å². The summed E-state index contributed by atoms with van der Waals surface area (Å²) in [5.74, 6) is 0.0648. The summed E-state index contributed by atoms with van der Waals surface area (Å²) in [6, 6.07) is 7.84. The van der Waals surface area contributed by atoms with Gasteiger partial charge in [0.2, 0.25) is 6.29 Å². The average Bonchev–Trinajstić information content (AvgIpc) is 2.40. The van der Waals surface area contributed by atoms with Crippen molar-refractivity contribution in [2.24, 2.45) is 0 Å². The Balaban J connectivity index is 2.01. The van der Waals surface area contributed by atoms with Crippen LogP contribution in [0.3, 0.4) is 0 Å². The lowest BCUT2D eigenvalue weighted by atomic mass is 9.84. The lowest BCUT2D eigenvalue weighted by molar-refractivity contribution is -0.127. The van der Waals surface area contributed by atoms with Crippen molar-refractivity contribution in [2.75, 3.05) is 5.32 Å². The van der Waals surface area contributed by atoms with E-state index >= 15 is 0 Å². The van der Waals surface area contributed by atoms with Crippen LogP contribution in [-0.2, 0) is 9.59 Å². The number of carbonyl (C=O) groups is 2. The molecule has 3 heteroatoms. The lowest BCUT2D eigenvalue weighted by Gasteiger charge is -2.22. The van der Waals surface area contributed by atoms with Crippen molar-refractivity contribution >= 4 is 17.9 Å². The van der Waals surface area contributed by atoms with Crippen LogP contribution in [-0.4, -0.2) is 12.2 Å². The SMILES string of the molecule is O=CC(=O)Nc1ccc(C2CCCCC2)cc1. The second-order valence-corrected chi connectivity index (χ2v) is 4.56. The van der Waals surface area contributed by atoms with Crippen molar-refractivity contribution in [2.45, 2.75) is 38.0 Å². The van der Waals surface area contributed by atoms with Gasteiger partial charge in [-0.15, -0.1) is 0 Å². The van der Waals surface area contributed by atoms with E-state index in [4.69, 9.17) is 0 Å². The molecular weight excluding hydrogens is 214 g/mol. The van der Waals surface area contributed by atoms with E-state index in [-0.39, 0.29) is 6.29 Å². The van der Waals surface area contributed by atoms with E-state index in [9.17, 15) is 9.59 Å². The number of rotatable bonds is 3. The van der Waals surface area contributed by atoms with E-state index in [1.54, 1.807) is 0 Å². The molecule has 1 aliphatic rings. The fourth-order valence-electron chi connectivity index (χ4n) is 2.45. The lowest BCUT2D eigenvalue weighted by Crippen LogP contribution is -2.12. The number of aldehydes is 1. The normalized spacial score (nSPS) is 16.5. The van der Waals surface area contributed by atoms with Gasteiger partial charge in [-0.2, -0.15) is 0 Å². The molecular formula is C14H17NO2. The standard InChI is InChI=1S/C14H17NO2/c16-10-14(17)15-13-8-6-12(7-9-13)11-4-2-1-3-5-11/h6-11H,1-5H2,(H,15,17). The van der Waals surface area contributed by atoms with E-state index < -0.39 is 5.91 Å². The van der Waals surface area contributed by atoms with Gasteiger partial charge < -0.3 is 5.32 Å². The Hall–Kier alpha value is -1.64. The first-order valence-electron chi connectivity index (χ1n) is 6.16. The molecule has 1 aromatic carbocycles. The van der Waals surface area contributed by atoms with E-state index in [2.05, 4.69) is 17.4 Å². The van der Waals surface area contributed by atoms with Crippen LogP contribution in [0.2, 0.25) is 0 Å². The van der Waals surface area contributed by atoms with Gasteiger partial charge in [-0.05, 0) is 36.5 Å². The summed E-state index contributed by atoms with van der Waals surface area (Å²) in [5.41, 5.74) is 2.02. The number of nitrogens with one attached hydrogen (secondary N) is 1. The molecule has 0 atom stereocenters. The van der Waals surface area contributed by atoms with Gasteiger partial charge in [-0.3, -0.25) is 9.59 Å².